The summed E-state index contributed by atoms with van der Waals surface area (Å²) in [6.45, 7) is 9.81. The first-order valence-electron chi connectivity index (χ1n) is 8.58. The Morgan fingerprint density at radius 2 is 1.78 bits per heavy atom. The molecule has 1 aromatic carbocycles. The van der Waals surface area contributed by atoms with Crippen LogP contribution in [-0.4, -0.2) is 30.5 Å². The van der Waals surface area contributed by atoms with Crippen molar-refractivity contribution < 1.29 is 18.9 Å². The van der Waals surface area contributed by atoms with Crippen molar-refractivity contribution in [2.45, 2.75) is 70.6 Å². The van der Waals surface area contributed by atoms with Gasteiger partial charge in [0.1, 0.15) is 5.75 Å². The summed E-state index contributed by atoms with van der Waals surface area (Å²) in [5, 5.41) is 0. The maximum Gasteiger partial charge on any atom is 0.184 e. The standard InChI is InChI=1S/C19H28O4/c1-14(2)22-16-7-5-15(6-8-16)17-20-11-9-19(23-17)10-12-21-18(3,4)13-19/h5-8,14,17H,9-13H2,1-4H3/t17-,19+/m1/s1. The monoisotopic (exact) mass is 320 g/mol. The van der Waals surface area contributed by atoms with Crippen molar-refractivity contribution in [1.29, 1.82) is 0 Å². The number of benzene rings is 1. The Morgan fingerprint density at radius 3 is 2.43 bits per heavy atom. The lowest BCUT2D eigenvalue weighted by Crippen LogP contribution is -2.50. The van der Waals surface area contributed by atoms with Gasteiger partial charge >= 0.3 is 0 Å². The van der Waals surface area contributed by atoms with Crippen LogP contribution in [0.2, 0.25) is 0 Å². The molecule has 2 aliphatic rings. The first kappa shape index (κ1) is 16.7. The predicted molar refractivity (Wildman–Crippen MR) is 88.6 cm³/mol. The Bertz CT molecular complexity index is 519. The Hall–Kier alpha value is -1.10. The van der Waals surface area contributed by atoms with Gasteiger partial charge in [-0.05, 0) is 39.8 Å². The summed E-state index contributed by atoms with van der Waals surface area (Å²) >= 11 is 0. The van der Waals surface area contributed by atoms with E-state index in [1.807, 2.05) is 38.1 Å². The van der Waals surface area contributed by atoms with Crippen LogP contribution in [0.25, 0.3) is 0 Å². The van der Waals surface area contributed by atoms with Gasteiger partial charge in [-0.3, -0.25) is 0 Å². The van der Waals surface area contributed by atoms with Gasteiger partial charge in [0.15, 0.2) is 6.29 Å². The Kier molecular flexibility index (Phi) is 4.68. The largest absolute Gasteiger partial charge is 0.491 e. The van der Waals surface area contributed by atoms with Crippen molar-refractivity contribution in [3.63, 3.8) is 0 Å². The van der Waals surface area contributed by atoms with Gasteiger partial charge in [0.05, 0.1) is 30.5 Å². The van der Waals surface area contributed by atoms with Gasteiger partial charge in [0.25, 0.3) is 0 Å². The Balaban J connectivity index is 1.71. The highest BCUT2D eigenvalue weighted by atomic mass is 16.7. The van der Waals surface area contributed by atoms with Crippen LogP contribution in [0.15, 0.2) is 24.3 Å². The average Bonchev–Trinajstić information content (AvgIpc) is 2.46. The molecule has 4 heteroatoms. The van der Waals surface area contributed by atoms with E-state index >= 15 is 0 Å². The molecule has 2 aliphatic heterocycles. The van der Waals surface area contributed by atoms with Gasteiger partial charge < -0.3 is 18.9 Å². The van der Waals surface area contributed by atoms with E-state index in [-0.39, 0.29) is 23.6 Å². The van der Waals surface area contributed by atoms with E-state index in [4.69, 9.17) is 18.9 Å². The lowest BCUT2D eigenvalue weighted by molar-refractivity contribution is -0.293. The molecule has 0 amide bonds. The van der Waals surface area contributed by atoms with Crippen molar-refractivity contribution in [3.8, 4) is 5.75 Å². The van der Waals surface area contributed by atoms with Gasteiger partial charge in [-0.25, -0.2) is 0 Å². The van der Waals surface area contributed by atoms with Crippen molar-refractivity contribution in [2.75, 3.05) is 13.2 Å². The van der Waals surface area contributed by atoms with Crippen LogP contribution in [0.4, 0.5) is 0 Å². The van der Waals surface area contributed by atoms with Gasteiger partial charge in [-0.1, -0.05) is 12.1 Å². The van der Waals surface area contributed by atoms with Gasteiger partial charge in [0.2, 0.25) is 0 Å². The van der Waals surface area contributed by atoms with Crippen LogP contribution >= 0.6 is 0 Å². The third-order valence-electron chi connectivity index (χ3n) is 4.51. The van der Waals surface area contributed by atoms with Crippen LogP contribution < -0.4 is 4.74 Å². The molecule has 0 bridgehead atoms. The number of hydrogen-bond donors (Lipinski definition) is 0. The fourth-order valence-corrected chi connectivity index (χ4v) is 3.55. The molecule has 128 valence electrons. The molecule has 2 fully saturated rings. The first-order valence-corrected chi connectivity index (χ1v) is 8.58. The molecule has 0 saturated carbocycles. The van der Waals surface area contributed by atoms with E-state index in [1.54, 1.807) is 0 Å². The summed E-state index contributed by atoms with van der Waals surface area (Å²) in [4.78, 5) is 0. The molecule has 1 aromatic rings. The number of hydrogen-bond acceptors (Lipinski definition) is 4. The molecule has 0 unspecified atom stereocenters. The molecule has 0 aliphatic carbocycles. The molecule has 2 saturated heterocycles. The third-order valence-corrected chi connectivity index (χ3v) is 4.51. The molecule has 3 rings (SSSR count). The van der Waals surface area contributed by atoms with E-state index in [1.165, 1.54) is 0 Å². The normalized spacial score (nSPS) is 30.6. The Labute approximate surface area is 139 Å². The molecule has 0 aromatic heterocycles. The minimum absolute atomic E-state index is 0.127. The van der Waals surface area contributed by atoms with Gasteiger partial charge in [-0.15, -0.1) is 0 Å². The van der Waals surface area contributed by atoms with E-state index in [2.05, 4.69) is 13.8 Å². The second kappa shape index (κ2) is 6.42. The van der Waals surface area contributed by atoms with Gasteiger partial charge in [-0.2, -0.15) is 0 Å². The molecular formula is C19H28O4. The third kappa shape index (κ3) is 4.06. The van der Waals surface area contributed by atoms with Crippen molar-refractivity contribution in [1.82, 2.24) is 0 Å². The zero-order valence-corrected chi connectivity index (χ0v) is 14.6. The molecule has 23 heavy (non-hydrogen) atoms. The summed E-state index contributed by atoms with van der Waals surface area (Å²) in [5.41, 5.74) is 0.789. The fourth-order valence-electron chi connectivity index (χ4n) is 3.55. The molecular weight excluding hydrogens is 292 g/mol. The summed E-state index contributed by atoms with van der Waals surface area (Å²) in [6.07, 6.45) is 2.66. The molecule has 1 spiro atoms. The first-order chi connectivity index (χ1) is 10.9. The van der Waals surface area contributed by atoms with Gasteiger partial charge in [0, 0.05) is 24.8 Å². The highest BCUT2D eigenvalue weighted by molar-refractivity contribution is 5.28. The number of ether oxygens (including phenoxy) is 4. The van der Waals surface area contributed by atoms with Crippen LogP contribution in [0.1, 0.15) is 58.8 Å². The van der Waals surface area contributed by atoms with Crippen molar-refractivity contribution in [3.05, 3.63) is 29.8 Å². The van der Waals surface area contributed by atoms with Crippen LogP contribution in [0.5, 0.6) is 5.75 Å². The molecule has 2 atom stereocenters. The summed E-state index contributed by atoms with van der Waals surface area (Å²) in [7, 11) is 0. The smallest absolute Gasteiger partial charge is 0.184 e. The quantitative estimate of drug-likeness (QED) is 0.835. The van der Waals surface area contributed by atoms with Crippen LogP contribution in [0, 0.1) is 0 Å². The SMILES string of the molecule is CC(C)Oc1ccc([C@@H]2OCC[C@@]3(CCOC(C)(C)C3)O2)cc1. The minimum atomic E-state index is -0.300. The van der Waals surface area contributed by atoms with Crippen molar-refractivity contribution in [2.24, 2.45) is 0 Å². The highest BCUT2D eigenvalue weighted by Gasteiger charge is 2.45. The Morgan fingerprint density at radius 1 is 1.09 bits per heavy atom. The number of rotatable bonds is 3. The van der Waals surface area contributed by atoms with E-state index in [0.29, 0.717) is 0 Å². The lowest BCUT2D eigenvalue weighted by Gasteiger charge is -2.48. The lowest BCUT2D eigenvalue weighted by atomic mass is 9.81. The second-order valence-corrected chi connectivity index (χ2v) is 7.52. The summed E-state index contributed by atoms with van der Waals surface area (Å²) in [6, 6.07) is 8.03. The molecule has 0 radical (unpaired) electrons. The molecule has 4 nitrogen and oxygen atoms in total. The second-order valence-electron chi connectivity index (χ2n) is 7.52. The summed E-state index contributed by atoms with van der Waals surface area (Å²) < 4.78 is 23.8. The van der Waals surface area contributed by atoms with E-state index < -0.39 is 0 Å². The topological polar surface area (TPSA) is 36.9 Å². The average molecular weight is 320 g/mol. The van der Waals surface area contributed by atoms with Crippen LogP contribution in [-0.2, 0) is 14.2 Å². The maximum atomic E-state index is 6.41. The van der Waals surface area contributed by atoms with Crippen molar-refractivity contribution >= 4 is 0 Å². The zero-order valence-electron chi connectivity index (χ0n) is 14.6. The molecule has 2 heterocycles. The zero-order chi connectivity index (χ0) is 16.5. The summed E-state index contributed by atoms with van der Waals surface area (Å²) in [5.74, 6) is 0.876. The van der Waals surface area contributed by atoms with E-state index in [9.17, 15) is 0 Å². The molecule has 0 N–H and O–H groups in total. The highest BCUT2D eigenvalue weighted by Crippen LogP contribution is 2.43. The fraction of sp³-hybridized carbons (Fsp3) is 0.684. The van der Waals surface area contributed by atoms with E-state index in [0.717, 1.165) is 43.8 Å². The maximum absolute atomic E-state index is 6.41. The predicted octanol–water partition coefficient (Wildman–Crippen LogP) is 4.24. The van der Waals surface area contributed by atoms with Crippen LogP contribution in [0.3, 0.4) is 0 Å². The minimum Gasteiger partial charge on any atom is -0.491 e.